The van der Waals surface area contributed by atoms with Gasteiger partial charge in [0.15, 0.2) is 6.61 Å². The van der Waals surface area contributed by atoms with Crippen molar-refractivity contribution < 1.29 is 35.9 Å². The number of carbonyl (C=O) groups is 2. The van der Waals surface area contributed by atoms with Crippen molar-refractivity contribution in [2.75, 3.05) is 42.9 Å². The van der Waals surface area contributed by atoms with Gasteiger partial charge in [-0.15, -0.1) is 11.3 Å². The highest BCUT2D eigenvalue weighted by Crippen LogP contribution is 2.21. The Morgan fingerprint density at radius 1 is 0.919 bits per heavy atom. The van der Waals surface area contributed by atoms with Gasteiger partial charge in [0.25, 0.3) is 15.9 Å². The van der Waals surface area contributed by atoms with Gasteiger partial charge in [-0.1, -0.05) is 6.07 Å². The van der Waals surface area contributed by atoms with E-state index in [1.54, 1.807) is 11.4 Å². The lowest BCUT2D eigenvalue weighted by Crippen LogP contribution is -2.40. The van der Waals surface area contributed by atoms with Crippen molar-refractivity contribution in [2.24, 2.45) is 0 Å². The minimum Gasteiger partial charge on any atom is -0.452 e. The second-order valence-electron chi connectivity index (χ2n) is 7.78. The fourth-order valence-electron chi connectivity index (χ4n) is 3.35. The predicted octanol–water partition coefficient (Wildman–Crippen LogP) is 2.37. The number of carbonyl (C=O) groups excluding carboxylic acids is 2. The molecule has 0 radical (unpaired) electrons. The summed E-state index contributed by atoms with van der Waals surface area (Å²) in [5.74, 6) is -1.38. The second kappa shape index (κ2) is 11.4. The van der Waals surface area contributed by atoms with Crippen molar-refractivity contribution in [3.8, 4) is 0 Å². The summed E-state index contributed by atoms with van der Waals surface area (Å²) in [7, 11) is -7.36. The Bertz CT molecular complexity index is 1450. The van der Waals surface area contributed by atoms with Crippen molar-refractivity contribution >= 4 is 54.6 Å². The van der Waals surface area contributed by atoms with Crippen LogP contribution in [0.4, 0.5) is 11.4 Å². The van der Waals surface area contributed by atoms with E-state index in [9.17, 15) is 26.4 Å². The third-order valence-electron chi connectivity index (χ3n) is 5.21. The molecule has 1 aliphatic rings. The number of amides is 1. The van der Waals surface area contributed by atoms with Gasteiger partial charge < -0.3 is 14.8 Å². The topological polar surface area (TPSA) is 148 Å². The zero-order valence-corrected chi connectivity index (χ0v) is 21.8. The molecule has 0 atom stereocenters. The summed E-state index contributed by atoms with van der Waals surface area (Å²) in [5, 5.41) is 4.18. The zero-order valence-electron chi connectivity index (χ0n) is 19.3. The van der Waals surface area contributed by atoms with Gasteiger partial charge in [0.1, 0.15) is 4.21 Å². The number of rotatable bonds is 9. The molecule has 0 aliphatic carbocycles. The number of hydrogen-bond donors (Lipinski definition) is 2. The van der Waals surface area contributed by atoms with Gasteiger partial charge in [0, 0.05) is 24.5 Å². The van der Waals surface area contributed by atoms with E-state index in [0.717, 1.165) is 11.3 Å². The van der Waals surface area contributed by atoms with Gasteiger partial charge >= 0.3 is 5.97 Å². The second-order valence-corrected chi connectivity index (χ2v) is 12.6. The van der Waals surface area contributed by atoms with E-state index >= 15 is 0 Å². The third kappa shape index (κ3) is 6.72. The van der Waals surface area contributed by atoms with Gasteiger partial charge in [-0.25, -0.2) is 21.6 Å². The average molecular weight is 566 g/mol. The highest BCUT2D eigenvalue weighted by Gasteiger charge is 2.26. The molecule has 37 heavy (non-hydrogen) atoms. The fraction of sp³-hybridized carbons (Fsp3) is 0.217. The first-order valence-corrected chi connectivity index (χ1v) is 14.8. The number of benzene rings is 2. The van der Waals surface area contributed by atoms with Gasteiger partial charge in [-0.3, -0.25) is 9.52 Å². The zero-order chi connectivity index (χ0) is 26.5. The maximum Gasteiger partial charge on any atom is 0.338 e. The van der Waals surface area contributed by atoms with Crippen LogP contribution in [-0.2, 0) is 34.3 Å². The van der Waals surface area contributed by atoms with E-state index in [4.69, 9.17) is 9.47 Å². The van der Waals surface area contributed by atoms with E-state index in [1.165, 1.54) is 58.9 Å². The Balaban J connectivity index is 1.27. The molecule has 14 heteroatoms. The first-order valence-electron chi connectivity index (χ1n) is 11.0. The lowest BCUT2D eigenvalue weighted by molar-refractivity contribution is -0.119. The summed E-state index contributed by atoms with van der Waals surface area (Å²) in [6.45, 7) is 0.661. The molecule has 1 amide bonds. The molecule has 196 valence electrons. The maximum absolute atomic E-state index is 12.7. The van der Waals surface area contributed by atoms with Crippen molar-refractivity contribution in [2.45, 2.75) is 9.10 Å². The molecule has 1 fully saturated rings. The van der Waals surface area contributed by atoms with E-state index in [1.807, 2.05) is 0 Å². The molecule has 4 rings (SSSR count). The van der Waals surface area contributed by atoms with Crippen LogP contribution in [0.5, 0.6) is 0 Å². The normalized spacial score (nSPS) is 14.6. The summed E-state index contributed by atoms with van der Waals surface area (Å²) < 4.78 is 64.0. The smallest absolute Gasteiger partial charge is 0.338 e. The number of anilines is 2. The van der Waals surface area contributed by atoms with Crippen molar-refractivity contribution in [1.82, 2.24) is 4.31 Å². The molecule has 2 N–H and O–H groups in total. The molecule has 2 heterocycles. The molecular formula is C23H23N3O8S3. The van der Waals surface area contributed by atoms with Crippen LogP contribution in [0.2, 0.25) is 0 Å². The van der Waals surface area contributed by atoms with Crippen molar-refractivity contribution in [1.29, 1.82) is 0 Å². The number of hydrogen-bond acceptors (Lipinski definition) is 9. The predicted molar refractivity (Wildman–Crippen MR) is 137 cm³/mol. The molecule has 1 aromatic heterocycles. The number of ether oxygens (including phenoxy) is 2. The average Bonchev–Trinajstić information content (AvgIpc) is 3.45. The Labute approximate surface area is 218 Å². The van der Waals surface area contributed by atoms with Crippen LogP contribution in [0, 0.1) is 0 Å². The van der Waals surface area contributed by atoms with E-state index in [2.05, 4.69) is 10.0 Å². The summed E-state index contributed by atoms with van der Waals surface area (Å²) >= 11 is 1.08. The van der Waals surface area contributed by atoms with Gasteiger partial charge in [0.2, 0.25) is 10.0 Å². The van der Waals surface area contributed by atoms with E-state index in [0.29, 0.717) is 18.9 Å². The monoisotopic (exact) mass is 565 g/mol. The van der Waals surface area contributed by atoms with Gasteiger partial charge in [-0.05, 0) is 60.0 Å². The Morgan fingerprint density at radius 3 is 2.19 bits per heavy atom. The molecular weight excluding hydrogens is 542 g/mol. The van der Waals surface area contributed by atoms with Crippen LogP contribution in [0.25, 0.3) is 0 Å². The first-order chi connectivity index (χ1) is 17.6. The molecule has 0 saturated carbocycles. The molecule has 1 aliphatic heterocycles. The van der Waals surface area contributed by atoms with Crippen LogP contribution in [0.15, 0.2) is 75.1 Å². The minimum absolute atomic E-state index is 0.0972. The SMILES string of the molecule is O=C(COC(=O)c1ccc(NS(=O)(=O)c2cccs2)cc1)Nc1ccc(S(=O)(=O)N2CCOCC2)cc1. The van der Waals surface area contributed by atoms with Crippen molar-refractivity contribution in [3.05, 3.63) is 71.6 Å². The van der Waals surface area contributed by atoms with Gasteiger partial charge in [0.05, 0.1) is 23.7 Å². The molecule has 3 aromatic rings. The Kier molecular flexibility index (Phi) is 8.24. The van der Waals surface area contributed by atoms with E-state index < -0.39 is 38.5 Å². The number of nitrogens with one attached hydrogen (secondary N) is 2. The number of nitrogens with zero attached hydrogens (tertiary/aromatic N) is 1. The fourth-order valence-corrected chi connectivity index (χ4v) is 6.81. The number of morpholine rings is 1. The third-order valence-corrected chi connectivity index (χ3v) is 9.90. The van der Waals surface area contributed by atoms with Crippen molar-refractivity contribution in [3.63, 3.8) is 0 Å². The summed E-state index contributed by atoms with van der Waals surface area (Å²) in [6, 6.07) is 14.3. The van der Waals surface area contributed by atoms with Crippen LogP contribution < -0.4 is 10.0 Å². The molecule has 2 aromatic carbocycles. The van der Waals surface area contributed by atoms with E-state index in [-0.39, 0.29) is 33.4 Å². The molecule has 11 nitrogen and oxygen atoms in total. The van der Waals surface area contributed by atoms with Crippen LogP contribution in [0.1, 0.15) is 10.4 Å². The summed E-state index contributed by atoms with van der Waals surface area (Å²) in [4.78, 5) is 24.6. The van der Waals surface area contributed by atoms with Crippen LogP contribution >= 0.6 is 11.3 Å². The minimum atomic E-state index is -3.71. The molecule has 0 bridgehead atoms. The first kappa shape index (κ1) is 26.8. The Hall–Kier alpha value is -3.30. The van der Waals surface area contributed by atoms with Crippen LogP contribution in [-0.4, -0.2) is 65.9 Å². The number of thiophene rings is 1. The number of sulfonamides is 2. The standard InChI is InChI=1S/C23H23N3O8S3/c27-21(24-18-7-9-20(10-8-18)37(31,32)26-11-13-33-14-12-26)16-34-23(28)17-3-5-19(6-4-17)25-36(29,30)22-2-1-15-35-22/h1-10,15,25H,11-14,16H2,(H,24,27). The highest BCUT2D eigenvalue weighted by molar-refractivity contribution is 7.94. The molecule has 0 unspecified atom stereocenters. The quantitative estimate of drug-likeness (QED) is 0.376. The largest absolute Gasteiger partial charge is 0.452 e. The lowest BCUT2D eigenvalue weighted by Gasteiger charge is -2.26. The maximum atomic E-state index is 12.7. The Morgan fingerprint density at radius 2 is 1.57 bits per heavy atom. The lowest BCUT2D eigenvalue weighted by atomic mass is 10.2. The summed E-state index contributed by atoms with van der Waals surface area (Å²) in [6.07, 6.45) is 0. The van der Waals surface area contributed by atoms with Gasteiger partial charge in [-0.2, -0.15) is 4.31 Å². The summed E-state index contributed by atoms with van der Waals surface area (Å²) in [5.41, 5.74) is 0.732. The van der Waals surface area contributed by atoms with Crippen LogP contribution in [0.3, 0.4) is 0 Å². The molecule has 0 spiro atoms. The number of esters is 1. The molecule has 1 saturated heterocycles. The highest BCUT2D eigenvalue weighted by atomic mass is 32.2.